The van der Waals surface area contributed by atoms with Crippen LogP contribution in [-0.4, -0.2) is 53.2 Å². The van der Waals surface area contributed by atoms with Gasteiger partial charge in [-0.15, -0.1) is 12.4 Å². The number of ether oxygens (including phenoxy) is 2. The fourth-order valence-electron chi connectivity index (χ4n) is 4.08. The van der Waals surface area contributed by atoms with Gasteiger partial charge in [0.2, 0.25) is 10.0 Å². The number of methoxy groups -OCH3 is 1. The van der Waals surface area contributed by atoms with Gasteiger partial charge in [0.1, 0.15) is 11.5 Å². The summed E-state index contributed by atoms with van der Waals surface area (Å²) in [5.41, 5.74) is 1.72. The van der Waals surface area contributed by atoms with E-state index in [0.29, 0.717) is 42.8 Å². The summed E-state index contributed by atoms with van der Waals surface area (Å²) in [6, 6.07) is 14.1. The van der Waals surface area contributed by atoms with E-state index < -0.39 is 10.0 Å². The molecular formula is C21H24ClN3O4S. The molecule has 0 amide bonds. The average Bonchev–Trinajstić information content (AvgIpc) is 3.16. The lowest BCUT2D eigenvalue weighted by Crippen LogP contribution is -2.34. The lowest BCUT2D eigenvalue weighted by molar-refractivity contribution is 0.213. The number of benzene rings is 2. The maximum absolute atomic E-state index is 12.5. The molecule has 2 aromatic carbocycles. The van der Waals surface area contributed by atoms with Crippen LogP contribution < -0.4 is 14.2 Å². The molecule has 2 atom stereocenters. The molecule has 2 aliphatic heterocycles. The fraction of sp³-hybridized carbons (Fsp3) is 0.381. The van der Waals surface area contributed by atoms with Crippen LogP contribution in [0.15, 0.2) is 47.4 Å². The summed E-state index contributed by atoms with van der Waals surface area (Å²) in [6.45, 7) is 3.29. The predicted octanol–water partition coefficient (Wildman–Crippen LogP) is 2.37. The van der Waals surface area contributed by atoms with Crippen molar-refractivity contribution in [2.24, 2.45) is 5.92 Å². The van der Waals surface area contributed by atoms with Crippen molar-refractivity contribution in [3.8, 4) is 17.6 Å². The Morgan fingerprint density at radius 1 is 1.23 bits per heavy atom. The van der Waals surface area contributed by atoms with Crippen molar-refractivity contribution in [1.29, 1.82) is 5.26 Å². The molecule has 0 aliphatic carbocycles. The van der Waals surface area contributed by atoms with Crippen molar-refractivity contribution >= 4 is 22.4 Å². The van der Waals surface area contributed by atoms with Crippen LogP contribution in [0.4, 0.5) is 0 Å². The molecule has 0 spiro atoms. The Balaban J connectivity index is 0.00000256. The quantitative estimate of drug-likeness (QED) is 0.728. The number of nitrogens with one attached hydrogen (secondary N) is 1. The number of hydrogen-bond acceptors (Lipinski definition) is 6. The Hall–Kier alpha value is -2.31. The summed E-state index contributed by atoms with van der Waals surface area (Å²) >= 11 is 0. The van der Waals surface area contributed by atoms with Gasteiger partial charge in [0.15, 0.2) is 0 Å². The Kier molecular flexibility index (Phi) is 6.88. The van der Waals surface area contributed by atoms with Gasteiger partial charge in [-0.3, -0.25) is 0 Å². The van der Waals surface area contributed by atoms with E-state index in [4.69, 9.17) is 9.47 Å². The van der Waals surface area contributed by atoms with E-state index in [1.807, 2.05) is 12.1 Å². The van der Waals surface area contributed by atoms with Gasteiger partial charge in [-0.25, -0.2) is 13.1 Å². The molecule has 160 valence electrons. The van der Waals surface area contributed by atoms with Crippen LogP contribution in [0.25, 0.3) is 0 Å². The van der Waals surface area contributed by atoms with Gasteiger partial charge in [-0.1, -0.05) is 0 Å². The van der Waals surface area contributed by atoms with E-state index in [1.54, 1.807) is 25.3 Å². The minimum Gasteiger partial charge on any atom is -0.497 e. The van der Waals surface area contributed by atoms with Gasteiger partial charge in [0.05, 0.1) is 30.2 Å². The first-order valence-corrected chi connectivity index (χ1v) is 11.0. The first-order chi connectivity index (χ1) is 14.0. The lowest BCUT2D eigenvalue weighted by atomic mass is 9.86. The minimum absolute atomic E-state index is 0. The van der Waals surface area contributed by atoms with Crippen molar-refractivity contribution in [2.45, 2.75) is 10.8 Å². The van der Waals surface area contributed by atoms with E-state index >= 15 is 0 Å². The highest BCUT2D eigenvalue weighted by molar-refractivity contribution is 7.89. The maximum Gasteiger partial charge on any atom is 0.240 e. The van der Waals surface area contributed by atoms with Crippen LogP contribution in [0.5, 0.6) is 11.5 Å². The highest BCUT2D eigenvalue weighted by atomic mass is 35.5. The molecule has 1 fully saturated rings. The second-order valence-corrected chi connectivity index (χ2v) is 9.14. The minimum atomic E-state index is -3.55. The summed E-state index contributed by atoms with van der Waals surface area (Å²) in [4.78, 5) is 2.48. The van der Waals surface area contributed by atoms with Crippen molar-refractivity contribution < 1.29 is 17.9 Å². The highest BCUT2D eigenvalue weighted by Crippen LogP contribution is 2.41. The summed E-state index contributed by atoms with van der Waals surface area (Å²) in [5.74, 6) is 2.14. The molecule has 0 aromatic heterocycles. The third-order valence-corrected chi connectivity index (χ3v) is 7.07. The van der Waals surface area contributed by atoms with Gasteiger partial charge >= 0.3 is 0 Å². The van der Waals surface area contributed by atoms with Crippen LogP contribution in [0.1, 0.15) is 17.0 Å². The molecule has 1 saturated heterocycles. The first kappa shape index (κ1) is 22.4. The van der Waals surface area contributed by atoms with E-state index in [0.717, 1.165) is 24.4 Å². The third-order valence-electron chi connectivity index (χ3n) is 5.60. The Labute approximate surface area is 183 Å². The van der Waals surface area contributed by atoms with Crippen molar-refractivity contribution in [3.63, 3.8) is 0 Å². The molecule has 9 heteroatoms. The number of hydrogen-bond donors (Lipinski definition) is 1. The number of fused-ring (bicyclic) bond motifs is 3. The normalized spacial score (nSPS) is 20.3. The molecule has 2 unspecified atom stereocenters. The molecule has 30 heavy (non-hydrogen) atoms. The Bertz CT molecular complexity index is 1040. The number of sulfonamides is 1. The van der Waals surface area contributed by atoms with Gasteiger partial charge in [-0.05, 0) is 42.5 Å². The first-order valence-electron chi connectivity index (χ1n) is 9.53. The van der Waals surface area contributed by atoms with Crippen LogP contribution in [0, 0.1) is 17.2 Å². The maximum atomic E-state index is 12.5. The number of nitriles is 1. The topological polar surface area (TPSA) is 91.7 Å². The molecule has 2 aromatic rings. The molecule has 1 N–H and O–H groups in total. The molecule has 0 bridgehead atoms. The summed E-state index contributed by atoms with van der Waals surface area (Å²) in [6.07, 6.45) is 0. The van der Waals surface area contributed by atoms with Crippen LogP contribution in [0.3, 0.4) is 0 Å². The van der Waals surface area contributed by atoms with Gasteiger partial charge < -0.3 is 14.4 Å². The van der Waals surface area contributed by atoms with Gasteiger partial charge in [-0.2, -0.15) is 5.26 Å². The van der Waals surface area contributed by atoms with E-state index in [2.05, 4.69) is 15.7 Å². The smallest absolute Gasteiger partial charge is 0.240 e. The number of halogens is 1. The predicted molar refractivity (Wildman–Crippen MR) is 115 cm³/mol. The molecule has 2 aliphatic rings. The molecule has 0 saturated carbocycles. The van der Waals surface area contributed by atoms with Crippen molar-refractivity contribution in [1.82, 2.24) is 9.62 Å². The standard InChI is InChI=1S/C21H23N3O4S.ClH/c1-27-17-3-5-18(6-4-17)29(25,26)23-8-9-24-12-16-14-28-21-7-2-15(11-22)10-19(21)20(16)13-24;/h2-7,10,16,20,23H,8-9,12-14H2,1H3;1H. The van der Waals surface area contributed by atoms with Crippen LogP contribution in [0.2, 0.25) is 0 Å². The number of nitrogens with zero attached hydrogens (tertiary/aromatic N) is 2. The molecule has 2 heterocycles. The SMILES string of the molecule is COc1ccc(S(=O)(=O)NCCN2CC3COc4ccc(C#N)cc4C3C2)cc1.Cl. The fourth-order valence-corrected chi connectivity index (χ4v) is 5.10. The Morgan fingerprint density at radius 3 is 2.70 bits per heavy atom. The van der Waals surface area contributed by atoms with E-state index in [1.165, 1.54) is 12.1 Å². The average molecular weight is 450 g/mol. The van der Waals surface area contributed by atoms with Gasteiger partial charge in [0, 0.05) is 43.6 Å². The summed E-state index contributed by atoms with van der Waals surface area (Å²) in [5, 5.41) is 9.17. The van der Waals surface area contributed by atoms with Crippen molar-refractivity contribution in [2.75, 3.05) is 39.9 Å². The molecule has 0 radical (unpaired) electrons. The third kappa shape index (κ3) is 4.55. The second-order valence-electron chi connectivity index (χ2n) is 7.37. The summed E-state index contributed by atoms with van der Waals surface area (Å²) in [7, 11) is -2.01. The highest BCUT2D eigenvalue weighted by Gasteiger charge is 2.38. The Morgan fingerprint density at radius 2 is 2.00 bits per heavy atom. The number of rotatable bonds is 6. The monoisotopic (exact) mass is 449 g/mol. The van der Waals surface area contributed by atoms with Crippen LogP contribution in [-0.2, 0) is 10.0 Å². The van der Waals surface area contributed by atoms with E-state index in [9.17, 15) is 13.7 Å². The molecule has 7 nitrogen and oxygen atoms in total. The van der Waals surface area contributed by atoms with Crippen LogP contribution >= 0.6 is 12.4 Å². The zero-order valence-corrected chi connectivity index (χ0v) is 18.2. The molecular weight excluding hydrogens is 426 g/mol. The zero-order valence-electron chi connectivity index (χ0n) is 16.6. The zero-order chi connectivity index (χ0) is 20.4. The largest absolute Gasteiger partial charge is 0.497 e. The van der Waals surface area contributed by atoms with Gasteiger partial charge in [0.25, 0.3) is 0 Å². The summed E-state index contributed by atoms with van der Waals surface area (Å²) < 4.78 is 38.5. The van der Waals surface area contributed by atoms with Crippen molar-refractivity contribution in [3.05, 3.63) is 53.6 Å². The lowest BCUT2D eigenvalue weighted by Gasteiger charge is -2.27. The molecule has 4 rings (SSSR count). The van der Waals surface area contributed by atoms with E-state index in [-0.39, 0.29) is 17.3 Å². The number of likely N-dealkylation sites (tertiary alicyclic amines) is 1. The second kappa shape index (κ2) is 9.23.